The van der Waals surface area contributed by atoms with Gasteiger partial charge in [0.05, 0.1) is 5.25 Å². The third-order valence-electron chi connectivity index (χ3n) is 6.20. The maximum absolute atomic E-state index is 13.5. The highest BCUT2D eigenvalue weighted by Crippen LogP contribution is 2.30. The summed E-state index contributed by atoms with van der Waals surface area (Å²) in [6, 6.07) is 17.2. The molecule has 2 N–H and O–H groups in total. The van der Waals surface area contributed by atoms with Gasteiger partial charge in [-0.1, -0.05) is 74.5 Å². The molecule has 1 heterocycles. The molecule has 1 fully saturated rings. The van der Waals surface area contributed by atoms with Crippen LogP contribution in [-0.2, 0) is 27.2 Å². The zero-order valence-corrected chi connectivity index (χ0v) is 19.9. The lowest BCUT2D eigenvalue weighted by Crippen LogP contribution is -2.55. The zero-order chi connectivity index (χ0) is 24.0. The summed E-state index contributed by atoms with van der Waals surface area (Å²) in [7, 11) is 0. The van der Waals surface area contributed by atoms with E-state index in [0.29, 0.717) is 19.4 Å². The summed E-state index contributed by atoms with van der Waals surface area (Å²) in [6.07, 6.45) is 1.49. The third-order valence-corrected chi connectivity index (χ3v) is 7.01. The molecule has 1 aliphatic heterocycles. The van der Waals surface area contributed by atoms with Crippen molar-refractivity contribution in [2.75, 3.05) is 6.54 Å². The molecule has 4 atom stereocenters. The Balaban J connectivity index is 1.83. The van der Waals surface area contributed by atoms with E-state index in [2.05, 4.69) is 17.9 Å². The van der Waals surface area contributed by atoms with Gasteiger partial charge in [0.1, 0.15) is 12.1 Å². The molecule has 0 aliphatic carbocycles. The van der Waals surface area contributed by atoms with E-state index in [1.807, 2.05) is 74.5 Å². The molecule has 33 heavy (non-hydrogen) atoms. The SMILES string of the molecule is CC(C)C(S)C(=O)N1CCC(Cc2ccccc2)C1C(=O)NC(Cc1ccccc1)C(=O)O. The fourth-order valence-electron chi connectivity index (χ4n) is 4.35. The van der Waals surface area contributed by atoms with E-state index in [9.17, 15) is 19.5 Å². The summed E-state index contributed by atoms with van der Waals surface area (Å²) in [5.74, 6) is -1.79. The maximum atomic E-state index is 13.5. The highest BCUT2D eigenvalue weighted by atomic mass is 32.1. The number of likely N-dealkylation sites (tertiary alicyclic amines) is 1. The van der Waals surface area contributed by atoms with Crippen LogP contribution in [0.4, 0.5) is 0 Å². The predicted molar refractivity (Wildman–Crippen MR) is 131 cm³/mol. The van der Waals surface area contributed by atoms with E-state index in [0.717, 1.165) is 11.1 Å². The van der Waals surface area contributed by atoms with Crippen molar-refractivity contribution in [3.8, 4) is 0 Å². The van der Waals surface area contributed by atoms with Gasteiger partial charge >= 0.3 is 5.97 Å². The number of carboxylic acid groups (broad SMARTS) is 1. The standard InChI is InChI=1S/C26H32N2O4S/c1-17(2)23(33)25(30)28-14-13-20(15-18-9-5-3-6-10-18)22(28)24(29)27-21(26(31)32)16-19-11-7-4-8-12-19/h3-12,17,20-23,33H,13-16H2,1-2H3,(H,27,29)(H,31,32). The Morgan fingerprint density at radius 3 is 2.15 bits per heavy atom. The van der Waals surface area contributed by atoms with Crippen molar-refractivity contribution in [1.29, 1.82) is 0 Å². The van der Waals surface area contributed by atoms with Crippen LogP contribution >= 0.6 is 12.6 Å². The number of nitrogens with one attached hydrogen (secondary N) is 1. The van der Waals surface area contributed by atoms with E-state index in [4.69, 9.17) is 0 Å². The van der Waals surface area contributed by atoms with Crippen molar-refractivity contribution in [2.45, 2.75) is 50.4 Å². The number of hydrogen-bond donors (Lipinski definition) is 3. The van der Waals surface area contributed by atoms with Gasteiger partial charge in [0.25, 0.3) is 0 Å². The molecule has 0 bridgehead atoms. The molecule has 3 rings (SSSR count). The number of benzene rings is 2. The Labute approximate surface area is 200 Å². The van der Waals surface area contributed by atoms with E-state index >= 15 is 0 Å². The average molecular weight is 469 g/mol. The molecule has 2 aromatic carbocycles. The molecule has 176 valence electrons. The molecule has 2 aromatic rings. The molecule has 1 saturated heterocycles. The lowest BCUT2D eigenvalue weighted by molar-refractivity contribution is -0.144. The van der Waals surface area contributed by atoms with Crippen molar-refractivity contribution in [1.82, 2.24) is 10.2 Å². The van der Waals surface area contributed by atoms with Crippen LogP contribution in [0.15, 0.2) is 60.7 Å². The molecule has 0 spiro atoms. The summed E-state index contributed by atoms with van der Waals surface area (Å²) in [6.45, 7) is 4.29. The number of hydrogen-bond acceptors (Lipinski definition) is 4. The number of carbonyl (C=O) groups excluding carboxylic acids is 2. The summed E-state index contributed by atoms with van der Waals surface area (Å²) in [5.41, 5.74) is 1.90. The molecular formula is C26H32N2O4S. The summed E-state index contributed by atoms with van der Waals surface area (Å²) in [4.78, 5) is 40.2. The molecule has 2 amide bonds. The first-order chi connectivity index (χ1) is 15.8. The quantitative estimate of drug-likeness (QED) is 0.493. The van der Waals surface area contributed by atoms with Crippen LogP contribution in [-0.4, -0.2) is 51.7 Å². The maximum Gasteiger partial charge on any atom is 0.326 e. The van der Waals surface area contributed by atoms with Crippen LogP contribution in [0.25, 0.3) is 0 Å². The summed E-state index contributed by atoms with van der Waals surface area (Å²) < 4.78 is 0. The van der Waals surface area contributed by atoms with Crippen molar-refractivity contribution >= 4 is 30.4 Å². The van der Waals surface area contributed by atoms with Crippen molar-refractivity contribution < 1.29 is 19.5 Å². The van der Waals surface area contributed by atoms with Gasteiger partial charge in [0, 0.05) is 13.0 Å². The highest BCUT2D eigenvalue weighted by molar-refractivity contribution is 7.81. The van der Waals surface area contributed by atoms with Crippen LogP contribution in [0.1, 0.15) is 31.4 Å². The van der Waals surface area contributed by atoms with Gasteiger partial charge in [0.15, 0.2) is 0 Å². The van der Waals surface area contributed by atoms with Gasteiger partial charge < -0.3 is 15.3 Å². The smallest absolute Gasteiger partial charge is 0.326 e. The van der Waals surface area contributed by atoms with E-state index in [-0.39, 0.29) is 24.2 Å². The van der Waals surface area contributed by atoms with Gasteiger partial charge in [-0.15, -0.1) is 0 Å². The Kier molecular flexibility index (Phi) is 8.55. The molecule has 1 aliphatic rings. The fourth-order valence-corrected chi connectivity index (χ4v) is 4.50. The Morgan fingerprint density at radius 2 is 1.61 bits per heavy atom. The number of nitrogens with zero attached hydrogens (tertiary/aromatic N) is 1. The Bertz CT molecular complexity index is 951. The number of rotatable bonds is 9. The van der Waals surface area contributed by atoms with Crippen molar-refractivity contribution in [3.63, 3.8) is 0 Å². The van der Waals surface area contributed by atoms with Crippen molar-refractivity contribution in [2.24, 2.45) is 11.8 Å². The van der Waals surface area contributed by atoms with E-state index in [1.54, 1.807) is 4.90 Å². The molecule has 6 nitrogen and oxygen atoms in total. The van der Waals surface area contributed by atoms with Gasteiger partial charge in [-0.2, -0.15) is 12.6 Å². The number of amides is 2. The highest BCUT2D eigenvalue weighted by Gasteiger charge is 2.44. The molecule has 0 saturated carbocycles. The van der Waals surface area contributed by atoms with E-state index in [1.165, 1.54) is 0 Å². The van der Waals surface area contributed by atoms with Gasteiger partial charge in [0.2, 0.25) is 11.8 Å². The van der Waals surface area contributed by atoms with Crippen LogP contribution in [0.3, 0.4) is 0 Å². The molecule has 4 unspecified atom stereocenters. The van der Waals surface area contributed by atoms with Crippen molar-refractivity contribution in [3.05, 3.63) is 71.8 Å². The summed E-state index contributed by atoms with van der Waals surface area (Å²) >= 11 is 4.48. The number of thiol groups is 1. The van der Waals surface area contributed by atoms with Gasteiger partial charge in [-0.05, 0) is 35.8 Å². The second-order valence-corrected chi connectivity index (χ2v) is 9.55. The van der Waals surface area contributed by atoms with Gasteiger partial charge in [-0.25, -0.2) is 4.79 Å². The second-order valence-electron chi connectivity index (χ2n) is 8.99. The third kappa shape index (κ3) is 6.38. The fraction of sp³-hybridized carbons (Fsp3) is 0.423. The Morgan fingerprint density at radius 1 is 1.03 bits per heavy atom. The largest absolute Gasteiger partial charge is 0.480 e. The first-order valence-electron chi connectivity index (χ1n) is 11.4. The predicted octanol–water partition coefficient (Wildman–Crippen LogP) is 3.21. The first kappa shape index (κ1) is 24.8. The topological polar surface area (TPSA) is 86.7 Å². The van der Waals surface area contributed by atoms with Crippen LogP contribution in [0.2, 0.25) is 0 Å². The molecule has 0 radical (unpaired) electrons. The number of carbonyl (C=O) groups is 3. The number of aliphatic carboxylic acids is 1. The minimum atomic E-state index is -1.10. The monoisotopic (exact) mass is 468 g/mol. The minimum absolute atomic E-state index is 0.0163. The van der Waals surface area contributed by atoms with Crippen LogP contribution < -0.4 is 5.32 Å². The van der Waals surface area contributed by atoms with Gasteiger partial charge in [-0.3, -0.25) is 9.59 Å². The van der Waals surface area contributed by atoms with Crippen LogP contribution in [0.5, 0.6) is 0 Å². The molecule has 0 aromatic heterocycles. The lowest BCUT2D eigenvalue weighted by atomic mass is 9.91. The normalized spacial score (nSPS) is 19.8. The first-order valence-corrected chi connectivity index (χ1v) is 11.9. The zero-order valence-electron chi connectivity index (χ0n) is 19.1. The van der Waals surface area contributed by atoms with Crippen LogP contribution in [0, 0.1) is 11.8 Å². The Hall–Kier alpha value is -2.80. The average Bonchev–Trinajstić information content (AvgIpc) is 3.22. The lowest BCUT2D eigenvalue weighted by Gasteiger charge is -2.31. The number of carboxylic acids is 1. The summed E-state index contributed by atoms with van der Waals surface area (Å²) in [5, 5.41) is 12.0. The van der Waals surface area contributed by atoms with E-state index < -0.39 is 29.2 Å². The molecular weight excluding hydrogens is 436 g/mol. The minimum Gasteiger partial charge on any atom is -0.480 e. The second kappa shape index (κ2) is 11.4. The molecule has 7 heteroatoms.